The first-order chi connectivity index (χ1) is 9.25. The number of ether oxygens (including phenoxy) is 1. The van der Waals surface area contributed by atoms with Crippen molar-refractivity contribution in [2.45, 2.75) is 19.1 Å². The summed E-state index contributed by atoms with van der Waals surface area (Å²) in [7, 11) is 0. The lowest BCUT2D eigenvalue weighted by Gasteiger charge is -2.41. The maximum Gasteiger partial charge on any atom is 0.228 e. The number of hydrogen-bond donors (Lipinski definition) is 1. The average molecular weight is 297 g/mol. The van der Waals surface area contributed by atoms with Gasteiger partial charge in [-0.3, -0.25) is 4.79 Å². The molecule has 0 spiro atoms. The van der Waals surface area contributed by atoms with Crippen molar-refractivity contribution in [3.05, 3.63) is 35.9 Å². The number of rotatable bonds is 2. The van der Waals surface area contributed by atoms with Gasteiger partial charge < -0.3 is 15.0 Å². The second-order valence-electron chi connectivity index (χ2n) is 5.43. The molecule has 110 valence electrons. The molecule has 2 aliphatic rings. The zero-order valence-corrected chi connectivity index (χ0v) is 12.4. The van der Waals surface area contributed by atoms with Gasteiger partial charge in [0.2, 0.25) is 5.91 Å². The third kappa shape index (κ3) is 2.97. The van der Waals surface area contributed by atoms with Crippen LogP contribution in [0.25, 0.3) is 0 Å². The molecule has 2 fully saturated rings. The van der Waals surface area contributed by atoms with Gasteiger partial charge in [-0.1, -0.05) is 30.3 Å². The molecule has 0 aromatic heterocycles. The molecule has 2 aliphatic heterocycles. The van der Waals surface area contributed by atoms with Gasteiger partial charge in [0.05, 0.1) is 25.1 Å². The van der Waals surface area contributed by atoms with Crippen LogP contribution < -0.4 is 5.32 Å². The number of nitrogens with zero attached hydrogens (tertiary/aromatic N) is 1. The Morgan fingerprint density at radius 3 is 2.60 bits per heavy atom. The first-order valence-corrected chi connectivity index (χ1v) is 6.93. The molecule has 0 aliphatic carbocycles. The highest BCUT2D eigenvalue weighted by molar-refractivity contribution is 5.85. The predicted octanol–water partition coefficient (Wildman–Crippen LogP) is 1.62. The van der Waals surface area contributed by atoms with Gasteiger partial charge in [0.1, 0.15) is 6.10 Å². The molecule has 2 heterocycles. The lowest BCUT2D eigenvalue weighted by Crippen LogP contribution is -2.57. The molecule has 20 heavy (non-hydrogen) atoms. The monoisotopic (exact) mass is 296 g/mol. The molecule has 1 N–H and O–H groups in total. The summed E-state index contributed by atoms with van der Waals surface area (Å²) in [5.41, 5.74) is 1.15. The third-order valence-corrected chi connectivity index (χ3v) is 4.02. The highest BCUT2D eigenvalue weighted by Crippen LogP contribution is 2.26. The minimum atomic E-state index is 0. The van der Waals surface area contributed by atoms with E-state index in [-0.39, 0.29) is 36.4 Å². The topological polar surface area (TPSA) is 41.6 Å². The van der Waals surface area contributed by atoms with E-state index in [1.54, 1.807) is 0 Å². The summed E-state index contributed by atoms with van der Waals surface area (Å²) in [6.45, 7) is 4.98. The van der Waals surface area contributed by atoms with Crippen molar-refractivity contribution in [1.29, 1.82) is 0 Å². The van der Waals surface area contributed by atoms with Crippen LogP contribution in [0, 0.1) is 5.92 Å². The summed E-state index contributed by atoms with van der Waals surface area (Å²) in [6, 6.07) is 10.3. The van der Waals surface area contributed by atoms with Crippen molar-refractivity contribution >= 4 is 18.3 Å². The highest BCUT2D eigenvalue weighted by Gasteiger charge is 2.36. The van der Waals surface area contributed by atoms with E-state index >= 15 is 0 Å². The zero-order valence-electron chi connectivity index (χ0n) is 11.6. The quantitative estimate of drug-likeness (QED) is 0.902. The number of morpholine rings is 1. The maximum absolute atomic E-state index is 12.4. The van der Waals surface area contributed by atoms with E-state index in [2.05, 4.69) is 24.4 Å². The predicted molar refractivity (Wildman–Crippen MR) is 79.9 cm³/mol. The van der Waals surface area contributed by atoms with Gasteiger partial charge in [-0.25, -0.2) is 0 Å². The molecule has 2 atom stereocenters. The van der Waals surface area contributed by atoms with Gasteiger partial charge >= 0.3 is 0 Å². The molecular formula is C15H21ClN2O2. The van der Waals surface area contributed by atoms with E-state index in [0.717, 1.165) is 18.7 Å². The van der Waals surface area contributed by atoms with Crippen LogP contribution in [0.5, 0.6) is 0 Å². The lowest BCUT2D eigenvalue weighted by atomic mass is 9.99. The fourth-order valence-electron chi connectivity index (χ4n) is 2.63. The smallest absolute Gasteiger partial charge is 0.228 e. The number of halogens is 1. The van der Waals surface area contributed by atoms with Crippen LogP contribution in [-0.2, 0) is 9.53 Å². The van der Waals surface area contributed by atoms with Crippen molar-refractivity contribution in [3.8, 4) is 0 Å². The Labute approximate surface area is 125 Å². The van der Waals surface area contributed by atoms with Crippen LogP contribution in [-0.4, -0.2) is 43.1 Å². The lowest BCUT2D eigenvalue weighted by molar-refractivity contribution is -0.150. The molecule has 2 unspecified atom stereocenters. The van der Waals surface area contributed by atoms with E-state index in [9.17, 15) is 4.79 Å². The Morgan fingerprint density at radius 2 is 2.00 bits per heavy atom. The Balaban J connectivity index is 0.00000147. The number of carbonyl (C=O) groups is 1. The molecule has 1 aromatic carbocycles. The van der Waals surface area contributed by atoms with Gasteiger partial charge in [-0.15, -0.1) is 12.4 Å². The largest absolute Gasteiger partial charge is 0.370 e. The summed E-state index contributed by atoms with van der Waals surface area (Å²) in [4.78, 5) is 14.4. The normalized spacial score (nSPS) is 26.6. The fraction of sp³-hybridized carbons (Fsp3) is 0.533. The molecule has 4 nitrogen and oxygen atoms in total. The summed E-state index contributed by atoms with van der Waals surface area (Å²) >= 11 is 0. The molecule has 3 rings (SSSR count). The third-order valence-electron chi connectivity index (χ3n) is 4.02. The summed E-state index contributed by atoms with van der Waals surface area (Å²) in [5.74, 6) is 0.437. The Morgan fingerprint density at radius 1 is 1.30 bits per heavy atom. The second-order valence-corrected chi connectivity index (χ2v) is 5.43. The molecule has 5 heteroatoms. The molecule has 0 radical (unpaired) electrons. The number of amides is 1. The van der Waals surface area contributed by atoms with Crippen LogP contribution in [0.15, 0.2) is 30.3 Å². The van der Waals surface area contributed by atoms with Crippen LogP contribution in [0.3, 0.4) is 0 Å². The molecule has 1 amide bonds. The number of carbonyl (C=O) groups excluding carboxylic acids is 1. The Hall–Kier alpha value is -1.10. The summed E-state index contributed by atoms with van der Waals surface area (Å²) < 4.78 is 5.88. The van der Waals surface area contributed by atoms with E-state index < -0.39 is 0 Å². The van der Waals surface area contributed by atoms with Crippen LogP contribution in [0.1, 0.15) is 18.6 Å². The number of nitrogens with one attached hydrogen (secondary N) is 1. The number of hydrogen-bond acceptors (Lipinski definition) is 3. The van der Waals surface area contributed by atoms with Crippen LogP contribution >= 0.6 is 12.4 Å². The molecule has 2 saturated heterocycles. The van der Waals surface area contributed by atoms with Gasteiger partial charge in [-0.05, 0) is 12.5 Å². The van der Waals surface area contributed by atoms with Crippen molar-refractivity contribution < 1.29 is 9.53 Å². The van der Waals surface area contributed by atoms with E-state index in [4.69, 9.17) is 4.74 Å². The maximum atomic E-state index is 12.4. The zero-order chi connectivity index (χ0) is 13.2. The van der Waals surface area contributed by atoms with Gasteiger partial charge in [0.25, 0.3) is 0 Å². The molecular weight excluding hydrogens is 276 g/mol. The average Bonchev–Trinajstić information content (AvgIpc) is 2.38. The first kappa shape index (κ1) is 15.3. The van der Waals surface area contributed by atoms with E-state index in [1.165, 1.54) is 0 Å². The molecule has 1 aromatic rings. The standard InChI is InChI=1S/C15H20N2O2.ClH/c1-11-10-19-14(12-5-3-2-4-6-12)9-17(11)15(18)13-7-16-8-13;/h2-6,11,13-14,16H,7-10H2,1H3;1H. The SMILES string of the molecule is CC1COC(c2ccccc2)CN1C(=O)C1CNC1.Cl. The van der Waals surface area contributed by atoms with E-state index in [0.29, 0.717) is 13.2 Å². The number of benzene rings is 1. The molecule has 0 saturated carbocycles. The van der Waals surface area contributed by atoms with Crippen LogP contribution in [0.4, 0.5) is 0 Å². The minimum absolute atomic E-state index is 0. The van der Waals surface area contributed by atoms with Crippen molar-refractivity contribution in [2.75, 3.05) is 26.2 Å². The van der Waals surface area contributed by atoms with E-state index in [1.807, 2.05) is 23.1 Å². The fourth-order valence-corrected chi connectivity index (χ4v) is 2.63. The van der Waals surface area contributed by atoms with Crippen molar-refractivity contribution in [3.63, 3.8) is 0 Å². The molecule has 0 bridgehead atoms. The van der Waals surface area contributed by atoms with Crippen LogP contribution in [0.2, 0.25) is 0 Å². The Bertz CT molecular complexity index is 450. The van der Waals surface area contributed by atoms with Gasteiger partial charge in [-0.2, -0.15) is 0 Å². The highest BCUT2D eigenvalue weighted by atomic mass is 35.5. The summed E-state index contributed by atoms with van der Waals surface area (Å²) in [5, 5.41) is 3.16. The first-order valence-electron chi connectivity index (χ1n) is 6.93. The minimum Gasteiger partial charge on any atom is -0.370 e. The summed E-state index contributed by atoms with van der Waals surface area (Å²) in [6.07, 6.45) is 0.00869. The second kappa shape index (κ2) is 6.57. The van der Waals surface area contributed by atoms with Crippen molar-refractivity contribution in [1.82, 2.24) is 10.2 Å². The Kier molecular flexibility index (Phi) is 5.02. The van der Waals surface area contributed by atoms with Gasteiger partial charge in [0, 0.05) is 13.1 Å². The van der Waals surface area contributed by atoms with Crippen molar-refractivity contribution in [2.24, 2.45) is 5.92 Å². The van der Waals surface area contributed by atoms with Gasteiger partial charge in [0.15, 0.2) is 0 Å².